The van der Waals surface area contributed by atoms with Crippen LogP contribution in [-0.4, -0.2) is 32.2 Å². The third-order valence-electron chi connectivity index (χ3n) is 3.59. The SMILES string of the molecule is COC(=O)/C=C\c1ccc(O[C@@H](C)C(=O)Nc2ccc(Br)cc2)c(OC)c1. The molecule has 7 heteroatoms. The standard InChI is InChI=1S/C20H20BrNO5/c1-13(20(24)22-16-8-6-15(21)7-9-16)27-17-10-4-14(12-18(17)25-2)5-11-19(23)26-3/h4-13H,1-3H3,(H,22,24)/b11-5-/t13-/m0/s1. The highest BCUT2D eigenvalue weighted by atomic mass is 79.9. The van der Waals surface area contributed by atoms with E-state index in [9.17, 15) is 9.59 Å². The number of carbonyl (C=O) groups is 2. The van der Waals surface area contributed by atoms with Crippen LogP contribution < -0.4 is 14.8 Å². The van der Waals surface area contributed by atoms with E-state index in [0.29, 0.717) is 17.2 Å². The average Bonchev–Trinajstić information content (AvgIpc) is 2.68. The normalized spacial score (nSPS) is 11.7. The van der Waals surface area contributed by atoms with Crippen molar-refractivity contribution < 1.29 is 23.8 Å². The summed E-state index contributed by atoms with van der Waals surface area (Å²) in [6, 6.07) is 12.4. The van der Waals surface area contributed by atoms with Crippen LogP contribution in [0.1, 0.15) is 12.5 Å². The second-order valence-corrected chi connectivity index (χ2v) is 6.44. The highest BCUT2D eigenvalue weighted by molar-refractivity contribution is 9.10. The number of methoxy groups -OCH3 is 2. The largest absolute Gasteiger partial charge is 0.493 e. The van der Waals surface area contributed by atoms with Crippen molar-refractivity contribution in [2.45, 2.75) is 13.0 Å². The number of ether oxygens (including phenoxy) is 3. The molecule has 0 aliphatic rings. The Bertz CT molecular complexity index is 833. The fourth-order valence-corrected chi connectivity index (χ4v) is 2.40. The van der Waals surface area contributed by atoms with Crippen LogP contribution in [0, 0.1) is 0 Å². The number of esters is 1. The molecule has 0 fully saturated rings. The zero-order valence-corrected chi connectivity index (χ0v) is 16.8. The van der Waals surface area contributed by atoms with Crippen molar-refractivity contribution >= 4 is 39.6 Å². The van der Waals surface area contributed by atoms with Crippen LogP contribution in [0.25, 0.3) is 6.08 Å². The first-order chi connectivity index (χ1) is 12.9. The van der Waals surface area contributed by atoms with Crippen LogP contribution in [0.2, 0.25) is 0 Å². The van der Waals surface area contributed by atoms with Gasteiger partial charge in [-0.05, 0) is 55.0 Å². The minimum atomic E-state index is -0.737. The molecule has 0 radical (unpaired) electrons. The Labute approximate surface area is 166 Å². The molecule has 0 aliphatic heterocycles. The topological polar surface area (TPSA) is 73.9 Å². The summed E-state index contributed by atoms with van der Waals surface area (Å²) in [4.78, 5) is 23.5. The summed E-state index contributed by atoms with van der Waals surface area (Å²) in [6.07, 6.45) is 2.17. The van der Waals surface area contributed by atoms with E-state index in [1.807, 2.05) is 12.1 Å². The van der Waals surface area contributed by atoms with Gasteiger partial charge in [0.2, 0.25) is 0 Å². The maximum atomic E-state index is 12.3. The Morgan fingerprint density at radius 2 is 1.78 bits per heavy atom. The van der Waals surface area contributed by atoms with Crippen molar-refractivity contribution in [3.05, 3.63) is 58.6 Å². The molecule has 1 atom stereocenters. The van der Waals surface area contributed by atoms with Crippen LogP contribution >= 0.6 is 15.9 Å². The summed E-state index contributed by atoms with van der Waals surface area (Å²) in [6.45, 7) is 1.65. The molecule has 0 aromatic heterocycles. The van der Waals surface area contributed by atoms with Crippen LogP contribution in [0.15, 0.2) is 53.0 Å². The van der Waals surface area contributed by atoms with Crippen LogP contribution in [0.4, 0.5) is 5.69 Å². The van der Waals surface area contributed by atoms with Gasteiger partial charge in [0.1, 0.15) is 0 Å². The molecule has 142 valence electrons. The lowest BCUT2D eigenvalue weighted by molar-refractivity contribution is -0.134. The predicted molar refractivity (Wildman–Crippen MR) is 107 cm³/mol. The molecule has 0 spiro atoms. The van der Waals surface area contributed by atoms with Crippen molar-refractivity contribution in [2.24, 2.45) is 0 Å². The lowest BCUT2D eigenvalue weighted by Crippen LogP contribution is -2.30. The number of hydrogen-bond acceptors (Lipinski definition) is 5. The number of carbonyl (C=O) groups excluding carboxylic acids is 2. The van der Waals surface area contributed by atoms with Gasteiger partial charge in [-0.3, -0.25) is 4.79 Å². The lowest BCUT2D eigenvalue weighted by Gasteiger charge is -2.17. The molecule has 2 aromatic carbocycles. The molecular formula is C20H20BrNO5. The summed E-state index contributed by atoms with van der Waals surface area (Å²) < 4.78 is 16.5. The minimum Gasteiger partial charge on any atom is -0.493 e. The van der Waals surface area contributed by atoms with E-state index in [0.717, 1.165) is 10.0 Å². The fourth-order valence-electron chi connectivity index (χ4n) is 2.14. The van der Waals surface area contributed by atoms with E-state index in [1.54, 1.807) is 43.3 Å². The van der Waals surface area contributed by atoms with E-state index < -0.39 is 12.1 Å². The van der Waals surface area contributed by atoms with Gasteiger partial charge >= 0.3 is 5.97 Å². The van der Waals surface area contributed by atoms with Crippen LogP contribution in [0.5, 0.6) is 11.5 Å². The van der Waals surface area contributed by atoms with Gasteiger partial charge in [-0.1, -0.05) is 22.0 Å². The number of benzene rings is 2. The Morgan fingerprint density at radius 1 is 1.07 bits per heavy atom. The lowest BCUT2D eigenvalue weighted by atomic mass is 10.2. The number of hydrogen-bond donors (Lipinski definition) is 1. The zero-order chi connectivity index (χ0) is 19.8. The summed E-state index contributed by atoms with van der Waals surface area (Å²) in [5.41, 5.74) is 1.41. The molecule has 0 aliphatic carbocycles. The van der Waals surface area contributed by atoms with Crippen LogP contribution in [0.3, 0.4) is 0 Å². The molecule has 1 amide bonds. The molecule has 0 bridgehead atoms. The van der Waals surface area contributed by atoms with E-state index >= 15 is 0 Å². The smallest absolute Gasteiger partial charge is 0.330 e. The number of anilines is 1. The molecule has 0 unspecified atom stereocenters. The first-order valence-electron chi connectivity index (χ1n) is 8.10. The predicted octanol–water partition coefficient (Wildman–Crippen LogP) is 4.05. The van der Waals surface area contributed by atoms with E-state index in [1.165, 1.54) is 20.3 Å². The molecule has 6 nitrogen and oxygen atoms in total. The van der Waals surface area contributed by atoms with Gasteiger partial charge in [0.05, 0.1) is 14.2 Å². The van der Waals surface area contributed by atoms with Crippen molar-refractivity contribution in [1.82, 2.24) is 0 Å². The van der Waals surface area contributed by atoms with Gasteiger partial charge in [0.25, 0.3) is 5.91 Å². The first kappa shape index (κ1) is 20.5. The molecule has 2 rings (SSSR count). The number of nitrogens with one attached hydrogen (secondary N) is 1. The van der Waals surface area contributed by atoms with Gasteiger partial charge in [0, 0.05) is 16.2 Å². The van der Waals surface area contributed by atoms with E-state index in [2.05, 4.69) is 26.0 Å². The molecule has 1 N–H and O–H groups in total. The second kappa shape index (κ2) is 9.78. The Kier molecular flexibility index (Phi) is 7.43. The third kappa shape index (κ3) is 6.14. The molecule has 0 heterocycles. The monoisotopic (exact) mass is 433 g/mol. The summed E-state index contributed by atoms with van der Waals surface area (Å²) in [5, 5.41) is 2.79. The molecular weight excluding hydrogens is 414 g/mol. The molecule has 0 saturated carbocycles. The highest BCUT2D eigenvalue weighted by Crippen LogP contribution is 2.29. The maximum Gasteiger partial charge on any atom is 0.330 e. The van der Waals surface area contributed by atoms with Crippen molar-refractivity contribution in [1.29, 1.82) is 0 Å². The van der Waals surface area contributed by atoms with E-state index in [4.69, 9.17) is 9.47 Å². The van der Waals surface area contributed by atoms with Gasteiger partial charge < -0.3 is 19.5 Å². The van der Waals surface area contributed by atoms with Gasteiger partial charge in [-0.15, -0.1) is 0 Å². The Hall–Kier alpha value is -2.80. The van der Waals surface area contributed by atoms with Crippen molar-refractivity contribution in [3.8, 4) is 11.5 Å². The number of rotatable bonds is 7. The van der Waals surface area contributed by atoms with E-state index in [-0.39, 0.29) is 5.91 Å². The molecule has 0 saturated heterocycles. The summed E-state index contributed by atoms with van der Waals surface area (Å²) >= 11 is 3.35. The molecule has 27 heavy (non-hydrogen) atoms. The first-order valence-corrected chi connectivity index (χ1v) is 8.89. The van der Waals surface area contributed by atoms with Gasteiger partial charge in [0.15, 0.2) is 17.6 Å². The second-order valence-electron chi connectivity index (χ2n) is 5.52. The minimum absolute atomic E-state index is 0.283. The van der Waals surface area contributed by atoms with Gasteiger partial charge in [-0.25, -0.2) is 4.79 Å². The third-order valence-corrected chi connectivity index (χ3v) is 4.11. The van der Waals surface area contributed by atoms with Crippen molar-refractivity contribution in [2.75, 3.05) is 19.5 Å². The molecule has 2 aromatic rings. The highest BCUT2D eigenvalue weighted by Gasteiger charge is 2.17. The number of halogens is 1. The summed E-state index contributed by atoms with van der Waals surface area (Å²) in [5.74, 6) is 0.137. The zero-order valence-electron chi connectivity index (χ0n) is 15.2. The quantitative estimate of drug-likeness (QED) is 0.526. The van der Waals surface area contributed by atoms with Crippen molar-refractivity contribution in [3.63, 3.8) is 0 Å². The fraction of sp³-hybridized carbons (Fsp3) is 0.200. The summed E-state index contributed by atoms with van der Waals surface area (Å²) in [7, 11) is 2.81. The Morgan fingerprint density at radius 3 is 2.41 bits per heavy atom. The number of amides is 1. The van der Waals surface area contributed by atoms with Crippen LogP contribution in [-0.2, 0) is 14.3 Å². The Balaban J connectivity index is 2.06. The average molecular weight is 434 g/mol. The maximum absolute atomic E-state index is 12.3. The van der Waals surface area contributed by atoms with Gasteiger partial charge in [-0.2, -0.15) is 0 Å².